The second-order valence-corrected chi connectivity index (χ2v) is 8.47. The highest BCUT2D eigenvalue weighted by atomic mass is 32.1. The molecular formula is C22H27N3OS. The molecule has 0 aliphatic heterocycles. The van der Waals surface area contributed by atoms with Gasteiger partial charge < -0.3 is 10.1 Å². The Balaban J connectivity index is 1.58. The van der Waals surface area contributed by atoms with Crippen molar-refractivity contribution in [3.63, 3.8) is 0 Å². The quantitative estimate of drug-likeness (QED) is 0.558. The maximum Gasteiger partial charge on any atom is 0.138 e. The summed E-state index contributed by atoms with van der Waals surface area (Å²) >= 11 is 1.86. The predicted molar refractivity (Wildman–Crippen MR) is 113 cm³/mol. The molecule has 1 aliphatic rings. The van der Waals surface area contributed by atoms with Crippen LogP contribution in [0.1, 0.15) is 48.5 Å². The van der Waals surface area contributed by atoms with Crippen molar-refractivity contribution in [2.24, 2.45) is 0 Å². The molecule has 1 aliphatic carbocycles. The van der Waals surface area contributed by atoms with Gasteiger partial charge in [-0.15, -0.1) is 11.3 Å². The summed E-state index contributed by atoms with van der Waals surface area (Å²) in [6.07, 6.45) is 5.63. The van der Waals surface area contributed by atoms with Crippen LogP contribution in [-0.2, 0) is 24.0 Å². The molecule has 5 heteroatoms. The zero-order valence-electron chi connectivity index (χ0n) is 16.1. The number of hydrogen-bond donors (Lipinski definition) is 1. The molecule has 4 rings (SSSR count). The number of nitrogens with zero attached hydrogens (tertiary/aromatic N) is 2. The number of aryl methyl sites for hydroxylation is 2. The number of aromatic nitrogens is 2. The lowest BCUT2D eigenvalue weighted by atomic mass is 10.1. The van der Waals surface area contributed by atoms with Crippen LogP contribution in [0.3, 0.4) is 0 Å². The second-order valence-electron chi connectivity index (χ2n) is 7.39. The summed E-state index contributed by atoms with van der Waals surface area (Å²) in [5.74, 6) is 1.91. The van der Waals surface area contributed by atoms with Gasteiger partial charge in [-0.05, 0) is 50.7 Å². The molecular weight excluding hydrogens is 354 g/mol. The molecule has 0 fully saturated rings. The van der Waals surface area contributed by atoms with Crippen molar-refractivity contribution in [2.75, 3.05) is 18.5 Å². The van der Waals surface area contributed by atoms with E-state index in [1.807, 2.05) is 17.4 Å². The summed E-state index contributed by atoms with van der Waals surface area (Å²) in [6.45, 7) is 5.80. The fourth-order valence-corrected chi connectivity index (χ4v) is 4.90. The Morgan fingerprint density at radius 1 is 1.15 bits per heavy atom. The lowest BCUT2D eigenvalue weighted by Gasteiger charge is -2.11. The van der Waals surface area contributed by atoms with Gasteiger partial charge in [-0.1, -0.05) is 30.3 Å². The molecule has 0 amide bonds. The van der Waals surface area contributed by atoms with Gasteiger partial charge in [0.15, 0.2) is 0 Å². The number of benzene rings is 1. The summed E-state index contributed by atoms with van der Waals surface area (Å²) in [7, 11) is 0. The first-order valence-corrected chi connectivity index (χ1v) is 10.7. The number of nitrogens with one attached hydrogen (secondary N) is 1. The predicted octanol–water partition coefficient (Wildman–Crippen LogP) is 5.00. The van der Waals surface area contributed by atoms with E-state index in [9.17, 15) is 0 Å². The van der Waals surface area contributed by atoms with Crippen molar-refractivity contribution < 1.29 is 4.74 Å². The van der Waals surface area contributed by atoms with E-state index in [4.69, 9.17) is 14.7 Å². The third-order valence-electron chi connectivity index (χ3n) is 4.88. The zero-order chi connectivity index (χ0) is 18.6. The van der Waals surface area contributed by atoms with Crippen LogP contribution in [0.25, 0.3) is 10.2 Å². The Bertz CT molecular complexity index is 905. The van der Waals surface area contributed by atoms with Gasteiger partial charge in [-0.3, -0.25) is 0 Å². The van der Waals surface area contributed by atoms with E-state index in [0.29, 0.717) is 0 Å². The Hall–Kier alpha value is -1.98. The van der Waals surface area contributed by atoms with Crippen molar-refractivity contribution in [2.45, 2.75) is 52.1 Å². The third kappa shape index (κ3) is 4.30. The van der Waals surface area contributed by atoms with E-state index in [2.05, 4.69) is 43.4 Å². The lowest BCUT2D eigenvalue weighted by molar-refractivity contribution is 0.0787. The Morgan fingerprint density at radius 3 is 2.81 bits per heavy atom. The maximum absolute atomic E-state index is 5.66. The highest BCUT2D eigenvalue weighted by Crippen LogP contribution is 2.39. The molecule has 4 nitrogen and oxygen atoms in total. The van der Waals surface area contributed by atoms with Crippen LogP contribution >= 0.6 is 11.3 Å². The molecule has 0 radical (unpaired) electrons. The van der Waals surface area contributed by atoms with Gasteiger partial charge >= 0.3 is 0 Å². The first-order valence-electron chi connectivity index (χ1n) is 9.91. The van der Waals surface area contributed by atoms with Gasteiger partial charge in [-0.25, -0.2) is 9.97 Å². The standard InChI is InChI=1S/C22H27N3OS/c1-15(2)26-13-7-12-23-21-20-17-10-6-11-18(17)27-22(20)25-19(24-21)14-16-8-4-3-5-9-16/h3-5,8-9,15H,6-7,10-14H2,1-2H3,(H,23,24,25). The summed E-state index contributed by atoms with van der Waals surface area (Å²) in [5.41, 5.74) is 2.72. The highest BCUT2D eigenvalue weighted by Gasteiger charge is 2.22. The number of fused-ring (bicyclic) bond motifs is 3. The van der Waals surface area contributed by atoms with Gasteiger partial charge in [0.2, 0.25) is 0 Å². The van der Waals surface area contributed by atoms with Crippen LogP contribution < -0.4 is 5.32 Å². The third-order valence-corrected chi connectivity index (χ3v) is 6.07. The summed E-state index contributed by atoms with van der Waals surface area (Å²) in [4.78, 5) is 12.5. The van der Waals surface area contributed by atoms with Gasteiger partial charge in [-0.2, -0.15) is 0 Å². The van der Waals surface area contributed by atoms with E-state index in [1.165, 1.54) is 34.2 Å². The minimum atomic E-state index is 0.286. The average molecular weight is 382 g/mol. The number of hydrogen-bond acceptors (Lipinski definition) is 5. The van der Waals surface area contributed by atoms with Crippen LogP contribution in [0.5, 0.6) is 0 Å². The molecule has 0 atom stereocenters. The summed E-state index contributed by atoms with van der Waals surface area (Å²) in [6, 6.07) is 10.5. The van der Waals surface area contributed by atoms with Crippen molar-refractivity contribution >= 4 is 27.4 Å². The molecule has 1 aromatic carbocycles. The topological polar surface area (TPSA) is 47.0 Å². The van der Waals surface area contributed by atoms with E-state index in [-0.39, 0.29) is 6.10 Å². The number of rotatable bonds is 8. The molecule has 0 saturated carbocycles. The molecule has 0 bridgehead atoms. The Labute approximate surface area is 165 Å². The maximum atomic E-state index is 5.66. The molecule has 0 saturated heterocycles. The number of anilines is 1. The van der Waals surface area contributed by atoms with Crippen molar-refractivity contribution in [1.29, 1.82) is 0 Å². The van der Waals surface area contributed by atoms with Gasteiger partial charge in [0, 0.05) is 24.4 Å². The zero-order valence-corrected chi connectivity index (χ0v) is 16.9. The smallest absolute Gasteiger partial charge is 0.138 e. The number of thiophene rings is 1. The van der Waals surface area contributed by atoms with Crippen LogP contribution in [0.15, 0.2) is 30.3 Å². The second kappa shape index (κ2) is 8.36. The molecule has 142 valence electrons. The van der Waals surface area contributed by atoms with Crippen LogP contribution in [0.2, 0.25) is 0 Å². The van der Waals surface area contributed by atoms with Gasteiger partial charge in [0.25, 0.3) is 0 Å². The molecule has 0 unspecified atom stereocenters. The molecule has 2 heterocycles. The summed E-state index contributed by atoms with van der Waals surface area (Å²) < 4.78 is 5.66. The summed E-state index contributed by atoms with van der Waals surface area (Å²) in [5, 5.41) is 4.84. The SMILES string of the molecule is CC(C)OCCCNc1nc(Cc2ccccc2)nc2sc3c(c12)CCC3. The van der Waals surface area contributed by atoms with Crippen molar-refractivity contribution in [3.8, 4) is 0 Å². The monoisotopic (exact) mass is 381 g/mol. The fraction of sp³-hybridized carbons (Fsp3) is 0.455. The fourth-order valence-electron chi connectivity index (χ4n) is 3.62. The molecule has 0 spiro atoms. The average Bonchev–Trinajstić information content (AvgIpc) is 3.22. The first-order chi connectivity index (χ1) is 13.2. The molecule has 3 aromatic rings. The Morgan fingerprint density at radius 2 is 2.00 bits per heavy atom. The van der Waals surface area contributed by atoms with E-state index in [1.54, 1.807) is 0 Å². The first kappa shape index (κ1) is 18.4. The minimum Gasteiger partial charge on any atom is -0.379 e. The highest BCUT2D eigenvalue weighted by molar-refractivity contribution is 7.19. The van der Waals surface area contributed by atoms with Gasteiger partial charge in [0.1, 0.15) is 16.5 Å². The largest absolute Gasteiger partial charge is 0.379 e. The minimum absolute atomic E-state index is 0.286. The van der Waals surface area contributed by atoms with Crippen molar-refractivity contribution in [1.82, 2.24) is 9.97 Å². The molecule has 1 N–H and O–H groups in total. The van der Waals surface area contributed by atoms with E-state index < -0.39 is 0 Å². The molecule has 2 aromatic heterocycles. The van der Waals surface area contributed by atoms with E-state index in [0.717, 1.165) is 48.9 Å². The normalized spacial score (nSPS) is 13.4. The lowest BCUT2D eigenvalue weighted by Crippen LogP contribution is -2.11. The van der Waals surface area contributed by atoms with Crippen molar-refractivity contribution in [3.05, 3.63) is 52.2 Å². The number of ether oxygens (including phenoxy) is 1. The van der Waals surface area contributed by atoms with Crippen LogP contribution in [0, 0.1) is 0 Å². The van der Waals surface area contributed by atoms with Gasteiger partial charge in [0.05, 0.1) is 11.5 Å². The Kier molecular flexibility index (Phi) is 5.69. The van der Waals surface area contributed by atoms with E-state index >= 15 is 0 Å². The molecule has 27 heavy (non-hydrogen) atoms. The van der Waals surface area contributed by atoms with Crippen LogP contribution in [-0.4, -0.2) is 29.2 Å². The van der Waals surface area contributed by atoms with Crippen LogP contribution in [0.4, 0.5) is 5.82 Å².